The number of non-ortho nitro benzene ring substituents is 1. The number of aromatic nitrogens is 2. The van der Waals surface area contributed by atoms with Crippen molar-refractivity contribution in [1.29, 1.82) is 0 Å². The van der Waals surface area contributed by atoms with Gasteiger partial charge in [-0.05, 0) is 43.2 Å². The van der Waals surface area contributed by atoms with E-state index in [2.05, 4.69) is 15.5 Å². The highest BCUT2D eigenvalue weighted by Crippen LogP contribution is 2.19. The first kappa shape index (κ1) is 22.8. The number of anilines is 1. The van der Waals surface area contributed by atoms with Crippen LogP contribution in [0.2, 0.25) is 0 Å². The Kier molecular flexibility index (Phi) is 6.79. The number of nitrogens with zero attached hydrogens (tertiary/aromatic N) is 3. The van der Waals surface area contributed by atoms with E-state index in [0.717, 1.165) is 5.56 Å². The molecule has 11 heteroatoms. The zero-order valence-corrected chi connectivity index (χ0v) is 18.1. The summed E-state index contributed by atoms with van der Waals surface area (Å²) >= 11 is 0. The summed E-state index contributed by atoms with van der Waals surface area (Å²) in [5.74, 6) is -0.308. The molecule has 32 heavy (non-hydrogen) atoms. The van der Waals surface area contributed by atoms with Crippen LogP contribution in [0.3, 0.4) is 0 Å². The molecule has 0 aliphatic heterocycles. The van der Waals surface area contributed by atoms with Gasteiger partial charge in [-0.1, -0.05) is 29.4 Å². The molecule has 0 atom stereocenters. The summed E-state index contributed by atoms with van der Waals surface area (Å²) in [6.07, 6.45) is 2.87. The molecule has 0 aliphatic rings. The normalized spacial score (nSPS) is 11.7. The third kappa shape index (κ3) is 5.64. The van der Waals surface area contributed by atoms with Gasteiger partial charge in [0.2, 0.25) is 5.89 Å². The molecule has 3 aromatic rings. The van der Waals surface area contributed by atoms with Crippen LogP contribution in [0.4, 0.5) is 11.7 Å². The number of carbonyl (C=O) groups is 1. The van der Waals surface area contributed by atoms with Gasteiger partial charge in [0.15, 0.2) is 9.84 Å². The number of amides is 1. The van der Waals surface area contributed by atoms with Crippen molar-refractivity contribution in [2.45, 2.75) is 30.4 Å². The molecular formula is C21H20N4O6S. The molecule has 3 rings (SSSR count). The largest absolute Gasteiger partial charge is 0.407 e. The van der Waals surface area contributed by atoms with E-state index in [0.29, 0.717) is 5.56 Å². The van der Waals surface area contributed by atoms with Crippen LogP contribution in [0.15, 0.2) is 63.9 Å². The summed E-state index contributed by atoms with van der Waals surface area (Å²) in [6.45, 7) is 3.24. The number of hydrogen-bond acceptors (Lipinski definition) is 8. The molecule has 0 radical (unpaired) electrons. The van der Waals surface area contributed by atoms with Crippen LogP contribution in [0.1, 0.15) is 30.9 Å². The number of rotatable bonds is 8. The molecule has 0 spiro atoms. The monoisotopic (exact) mass is 456 g/mol. The van der Waals surface area contributed by atoms with E-state index >= 15 is 0 Å². The molecule has 166 valence electrons. The number of benzene rings is 2. The van der Waals surface area contributed by atoms with Crippen molar-refractivity contribution in [1.82, 2.24) is 10.2 Å². The fourth-order valence-electron chi connectivity index (χ4n) is 2.68. The summed E-state index contributed by atoms with van der Waals surface area (Å²) in [4.78, 5) is 22.6. The minimum Gasteiger partial charge on any atom is -0.407 e. The van der Waals surface area contributed by atoms with Gasteiger partial charge < -0.3 is 4.42 Å². The SMILES string of the molecule is CC(C)S(=O)(=O)c1ccc(Cc2nnc(NC(=O)/C=C/c3cccc([N+](=O)[O-])c3)o2)cc1. The molecular weight excluding hydrogens is 436 g/mol. The van der Waals surface area contributed by atoms with Gasteiger partial charge in [0.05, 0.1) is 21.5 Å². The predicted octanol–water partition coefficient (Wildman–Crippen LogP) is 3.40. The average Bonchev–Trinajstić information content (AvgIpc) is 3.19. The zero-order valence-electron chi connectivity index (χ0n) is 17.3. The van der Waals surface area contributed by atoms with Gasteiger partial charge >= 0.3 is 6.01 Å². The molecule has 0 bridgehead atoms. The van der Waals surface area contributed by atoms with E-state index in [1.807, 2.05) is 0 Å². The predicted molar refractivity (Wildman–Crippen MR) is 117 cm³/mol. The molecule has 10 nitrogen and oxygen atoms in total. The molecule has 0 saturated carbocycles. The molecule has 1 amide bonds. The van der Waals surface area contributed by atoms with Crippen LogP contribution >= 0.6 is 0 Å². The first-order valence-corrected chi connectivity index (χ1v) is 11.1. The van der Waals surface area contributed by atoms with Crippen molar-refractivity contribution in [2.75, 3.05) is 5.32 Å². The summed E-state index contributed by atoms with van der Waals surface area (Å²) in [5, 5.41) is 20.3. The lowest BCUT2D eigenvalue weighted by molar-refractivity contribution is -0.384. The molecule has 0 fully saturated rings. The highest BCUT2D eigenvalue weighted by Gasteiger charge is 2.19. The molecule has 0 saturated heterocycles. The Morgan fingerprint density at radius 2 is 1.91 bits per heavy atom. The van der Waals surface area contributed by atoms with E-state index in [1.54, 1.807) is 32.0 Å². The Morgan fingerprint density at radius 1 is 1.19 bits per heavy atom. The molecule has 0 aliphatic carbocycles. The second kappa shape index (κ2) is 9.52. The van der Waals surface area contributed by atoms with Crippen LogP contribution < -0.4 is 5.32 Å². The average molecular weight is 456 g/mol. The van der Waals surface area contributed by atoms with Crippen LogP contribution in [-0.4, -0.2) is 34.7 Å². The van der Waals surface area contributed by atoms with Crippen LogP contribution in [0.5, 0.6) is 0 Å². The van der Waals surface area contributed by atoms with Crippen molar-refractivity contribution in [3.8, 4) is 0 Å². The topological polar surface area (TPSA) is 145 Å². The number of nitro benzene ring substituents is 1. The number of nitro groups is 1. The third-order valence-corrected chi connectivity index (χ3v) is 6.60. The summed E-state index contributed by atoms with van der Waals surface area (Å²) < 4.78 is 29.8. The van der Waals surface area contributed by atoms with Crippen LogP contribution in [0.25, 0.3) is 6.08 Å². The number of nitrogens with one attached hydrogen (secondary N) is 1. The van der Waals surface area contributed by atoms with E-state index in [4.69, 9.17) is 4.42 Å². The Hall–Kier alpha value is -3.86. The lowest BCUT2D eigenvalue weighted by Crippen LogP contribution is -2.13. The minimum atomic E-state index is -3.35. The van der Waals surface area contributed by atoms with Crippen molar-refractivity contribution >= 4 is 33.5 Å². The zero-order chi connectivity index (χ0) is 23.3. The van der Waals surface area contributed by atoms with Crippen molar-refractivity contribution in [3.05, 3.63) is 81.7 Å². The number of carbonyl (C=O) groups excluding carboxylic acids is 1. The van der Waals surface area contributed by atoms with Crippen LogP contribution in [-0.2, 0) is 21.1 Å². The Labute approximate surface area is 184 Å². The first-order valence-electron chi connectivity index (χ1n) is 9.54. The molecule has 1 heterocycles. The molecule has 0 unspecified atom stereocenters. The smallest absolute Gasteiger partial charge is 0.322 e. The summed E-state index contributed by atoms with van der Waals surface area (Å²) in [5.41, 5.74) is 1.17. The fourth-order valence-corrected chi connectivity index (χ4v) is 3.74. The van der Waals surface area contributed by atoms with E-state index in [1.165, 1.54) is 42.5 Å². The molecule has 1 N–H and O–H groups in total. The van der Waals surface area contributed by atoms with Crippen LogP contribution in [0, 0.1) is 10.1 Å². The summed E-state index contributed by atoms with van der Waals surface area (Å²) in [6, 6.07) is 12.1. The van der Waals surface area contributed by atoms with E-state index in [9.17, 15) is 23.3 Å². The van der Waals surface area contributed by atoms with Crippen molar-refractivity contribution < 1.29 is 22.6 Å². The van der Waals surface area contributed by atoms with Gasteiger partial charge in [0, 0.05) is 18.2 Å². The maximum absolute atomic E-state index is 12.2. The molecule has 1 aromatic heterocycles. The third-order valence-electron chi connectivity index (χ3n) is 4.43. The molecule has 2 aromatic carbocycles. The Morgan fingerprint density at radius 3 is 2.56 bits per heavy atom. The second-order valence-electron chi connectivity index (χ2n) is 7.09. The van der Waals surface area contributed by atoms with E-state index in [-0.39, 0.29) is 28.9 Å². The summed E-state index contributed by atoms with van der Waals surface area (Å²) in [7, 11) is -3.35. The number of sulfone groups is 1. The van der Waals surface area contributed by atoms with Gasteiger partial charge in [-0.25, -0.2) is 8.42 Å². The highest BCUT2D eigenvalue weighted by atomic mass is 32.2. The first-order chi connectivity index (χ1) is 15.1. The minimum absolute atomic E-state index is 0.0797. The number of hydrogen-bond donors (Lipinski definition) is 1. The van der Waals surface area contributed by atoms with Crippen molar-refractivity contribution in [3.63, 3.8) is 0 Å². The van der Waals surface area contributed by atoms with Crippen molar-refractivity contribution in [2.24, 2.45) is 0 Å². The van der Waals surface area contributed by atoms with Gasteiger partial charge in [0.25, 0.3) is 11.6 Å². The van der Waals surface area contributed by atoms with Gasteiger partial charge in [-0.3, -0.25) is 20.2 Å². The standard InChI is InChI=1S/C21H20N4O6S/c1-14(2)32(29,30)18-9-6-16(7-10-18)13-20-23-24-21(31-20)22-19(26)11-8-15-4-3-5-17(12-15)25(27)28/h3-12,14H,13H2,1-2H3,(H,22,24,26)/b11-8+. The quantitative estimate of drug-likeness (QED) is 0.308. The lowest BCUT2D eigenvalue weighted by atomic mass is 10.1. The second-order valence-corrected chi connectivity index (χ2v) is 9.59. The Balaban J connectivity index is 1.60. The Bertz CT molecular complexity index is 1260. The maximum atomic E-state index is 12.2. The van der Waals surface area contributed by atoms with Gasteiger partial charge in [-0.2, -0.15) is 0 Å². The van der Waals surface area contributed by atoms with E-state index < -0.39 is 25.9 Å². The highest BCUT2D eigenvalue weighted by molar-refractivity contribution is 7.92. The maximum Gasteiger partial charge on any atom is 0.322 e. The van der Waals surface area contributed by atoms with Gasteiger partial charge in [-0.15, -0.1) is 5.10 Å². The lowest BCUT2D eigenvalue weighted by Gasteiger charge is -2.08. The fraction of sp³-hybridized carbons (Fsp3) is 0.190. The van der Waals surface area contributed by atoms with Gasteiger partial charge in [0.1, 0.15) is 0 Å².